The molecule has 0 spiro atoms. The average Bonchev–Trinajstić information content (AvgIpc) is 2.80. The first kappa shape index (κ1) is 14.4. The van der Waals surface area contributed by atoms with Gasteiger partial charge in [0.1, 0.15) is 4.60 Å². The number of imidazole rings is 1. The number of hydrogen-bond donors (Lipinski definition) is 1. The highest BCUT2D eigenvalue weighted by molar-refractivity contribution is 9.10. The van der Waals surface area contributed by atoms with Gasteiger partial charge in [-0.15, -0.1) is 0 Å². The molecule has 0 amide bonds. The Bertz CT molecular complexity index is 531. The number of rotatable bonds is 7. The van der Waals surface area contributed by atoms with Crippen LogP contribution < -0.4 is 5.32 Å². The van der Waals surface area contributed by atoms with Crippen LogP contribution in [0, 0.1) is 0 Å². The highest BCUT2D eigenvalue weighted by Gasteiger charge is 2.08. The van der Waals surface area contributed by atoms with E-state index in [4.69, 9.17) is 9.47 Å². The Balaban J connectivity index is 1.96. The van der Waals surface area contributed by atoms with Crippen LogP contribution in [0.5, 0.6) is 0 Å². The van der Waals surface area contributed by atoms with Gasteiger partial charge in [0.25, 0.3) is 0 Å². The fourth-order valence-corrected chi connectivity index (χ4v) is 2.11. The van der Waals surface area contributed by atoms with Crippen molar-refractivity contribution in [3.8, 4) is 0 Å². The van der Waals surface area contributed by atoms with E-state index in [-0.39, 0.29) is 6.10 Å². The first-order chi connectivity index (χ1) is 9.24. The second-order valence-electron chi connectivity index (χ2n) is 4.13. The fourth-order valence-electron chi connectivity index (χ4n) is 1.80. The average molecular weight is 329 g/mol. The highest BCUT2D eigenvalue weighted by atomic mass is 79.9. The van der Waals surface area contributed by atoms with Crippen molar-refractivity contribution in [2.45, 2.75) is 12.6 Å². The molecule has 1 atom stereocenters. The number of nitrogens with zero attached hydrogens (tertiary/aromatic N) is 3. The van der Waals surface area contributed by atoms with Crippen molar-refractivity contribution < 1.29 is 9.47 Å². The molecule has 19 heavy (non-hydrogen) atoms. The zero-order chi connectivity index (χ0) is 13.7. The monoisotopic (exact) mass is 328 g/mol. The number of fused-ring (bicyclic) bond motifs is 1. The summed E-state index contributed by atoms with van der Waals surface area (Å²) in [6, 6.07) is 0. The summed E-state index contributed by atoms with van der Waals surface area (Å²) in [7, 11) is 3.35. The van der Waals surface area contributed by atoms with E-state index in [0.29, 0.717) is 13.2 Å². The van der Waals surface area contributed by atoms with Gasteiger partial charge < -0.3 is 14.8 Å². The molecule has 0 fully saturated rings. The van der Waals surface area contributed by atoms with E-state index in [2.05, 4.69) is 31.2 Å². The smallest absolute Gasteiger partial charge is 0.155 e. The quantitative estimate of drug-likeness (QED) is 0.828. The summed E-state index contributed by atoms with van der Waals surface area (Å²) in [5.74, 6) is 0. The van der Waals surface area contributed by atoms with Crippen LogP contribution in [0.2, 0.25) is 0 Å². The van der Waals surface area contributed by atoms with Crippen molar-refractivity contribution >= 4 is 21.6 Å². The Kier molecular flexibility index (Phi) is 5.26. The van der Waals surface area contributed by atoms with Crippen LogP contribution in [0.1, 0.15) is 5.69 Å². The molecule has 1 N–H and O–H groups in total. The molecule has 0 aliphatic rings. The normalized spacial score (nSPS) is 13.0. The minimum Gasteiger partial charge on any atom is -0.382 e. The molecule has 104 valence electrons. The van der Waals surface area contributed by atoms with Gasteiger partial charge in [-0.2, -0.15) is 0 Å². The summed E-state index contributed by atoms with van der Waals surface area (Å²) in [5, 5.41) is 3.33. The van der Waals surface area contributed by atoms with Crippen LogP contribution in [0.15, 0.2) is 23.2 Å². The second kappa shape index (κ2) is 6.95. The lowest BCUT2D eigenvalue weighted by atomic mass is 10.3. The Hall–Kier alpha value is -1.02. The van der Waals surface area contributed by atoms with Crippen molar-refractivity contribution in [3.63, 3.8) is 0 Å². The Labute approximate surface area is 120 Å². The number of methoxy groups -OCH3 is 2. The lowest BCUT2D eigenvalue weighted by Crippen LogP contribution is -2.31. The van der Waals surface area contributed by atoms with Gasteiger partial charge >= 0.3 is 0 Å². The summed E-state index contributed by atoms with van der Waals surface area (Å²) in [6.07, 6.45) is 5.53. The first-order valence-electron chi connectivity index (χ1n) is 5.94. The molecule has 0 bridgehead atoms. The van der Waals surface area contributed by atoms with Crippen molar-refractivity contribution in [3.05, 3.63) is 28.9 Å². The van der Waals surface area contributed by atoms with Gasteiger partial charge in [-0.3, -0.25) is 4.40 Å². The van der Waals surface area contributed by atoms with Gasteiger partial charge in [0, 0.05) is 33.5 Å². The molecular weight excluding hydrogens is 312 g/mol. The van der Waals surface area contributed by atoms with Crippen molar-refractivity contribution in [2.24, 2.45) is 0 Å². The zero-order valence-corrected chi connectivity index (χ0v) is 12.6. The number of hydrogen-bond acceptors (Lipinski definition) is 5. The van der Waals surface area contributed by atoms with Gasteiger partial charge in [0.15, 0.2) is 5.65 Å². The van der Waals surface area contributed by atoms with E-state index in [0.717, 1.165) is 22.5 Å². The number of aromatic nitrogens is 3. The van der Waals surface area contributed by atoms with E-state index in [1.54, 1.807) is 20.4 Å². The predicted molar refractivity (Wildman–Crippen MR) is 75.1 cm³/mol. The summed E-state index contributed by atoms with van der Waals surface area (Å²) < 4.78 is 13.1. The van der Waals surface area contributed by atoms with Gasteiger partial charge in [-0.05, 0) is 15.9 Å². The molecule has 0 aromatic carbocycles. The SMILES string of the molecule is COCC(CNCc1cnc2cnc(Br)cn12)OC. The maximum atomic E-state index is 5.29. The number of nitrogens with one attached hydrogen (secondary N) is 1. The largest absolute Gasteiger partial charge is 0.382 e. The molecule has 7 heteroatoms. The molecule has 0 aliphatic heterocycles. The molecule has 0 saturated heterocycles. The molecule has 6 nitrogen and oxygen atoms in total. The van der Waals surface area contributed by atoms with Crippen molar-refractivity contribution in [1.29, 1.82) is 0 Å². The van der Waals surface area contributed by atoms with Gasteiger partial charge in [0.2, 0.25) is 0 Å². The van der Waals surface area contributed by atoms with E-state index in [1.165, 1.54) is 0 Å². The Morgan fingerprint density at radius 2 is 2.21 bits per heavy atom. The van der Waals surface area contributed by atoms with Gasteiger partial charge in [-0.25, -0.2) is 9.97 Å². The summed E-state index contributed by atoms with van der Waals surface area (Å²) in [6.45, 7) is 2.01. The van der Waals surface area contributed by atoms with Gasteiger partial charge in [0.05, 0.1) is 30.8 Å². The maximum Gasteiger partial charge on any atom is 0.155 e. The topological polar surface area (TPSA) is 60.7 Å². The zero-order valence-electron chi connectivity index (χ0n) is 11.0. The number of halogens is 1. The Morgan fingerprint density at radius 1 is 1.37 bits per heavy atom. The van der Waals surface area contributed by atoms with Crippen LogP contribution >= 0.6 is 15.9 Å². The van der Waals surface area contributed by atoms with Crippen molar-refractivity contribution in [1.82, 2.24) is 19.7 Å². The molecule has 2 aromatic heterocycles. The number of ether oxygens (including phenoxy) is 2. The minimum atomic E-state index is 0.0533. The van der Waals surface area contributed by atoms with Gasteiger partial charge in [-0.1, -0.05) is 0 Å². The van der Waals surface area contributed by atoms with Crippen LogP contribution in [0.25, 0.3) is 5.65 Å². The molecule has 0 radical (unpaired) electrons. The molecular formula is C12H17BrN4O2. The predicted octanol–water partition coefficient (Wildman–Crippen LogP) is 1.24. The van der Waals surface area contributed by atoms with E-state index < -0.39 is 0 Å². The third-order valence-electron chi connectivity index (χ3n) is 2.81. The second-order valence-corrected chi connectivity index (χ2v) is 4.94. The molecule has 2 aromatic rings. The maximum absolute atomic E-state index is 5.29. The van der Waals surface area contributed by atoms with Crippen LogP contribution in [0.3, 0.4) is 0 Å². The van der Waals surface area contributed by atoms with E-state index in [9.17, 15) is 0 Å². The van der Waals surface area contributed by atoms with E-state index >= 15 is 0 Å². The lowest BCUT2D eigenvalue weighted by molar-refractivity contribution is 0.0287. The third kappa shape index (κ3) is 3.73. The first-order valence-corrected chi connectivity index (χ1v) is 6.74. The summed E-state index contributed by atoms with van der Waals surface area (Å²) in [5.41, 5.74) is 1.91. The highest BCUT2D eigenvalue weighted by Crippen LogP contribution is 2.10. The Morgan fingerprint density at radius 3 is 2.95 bits per heavy atom. The third-order valence-corrected chi connectivity index (χ3v) is 3.21. The fraction of sp³-hybridized carbons (Fsp3) is 0.500. The molecule has 2 heterocycles. The summed E-state index contributed by atoms with van der Waals surface area (Å²) >= 11 is 3.36. The van der Waals surface area contributed by atoms with Crippen LogP contribution in [0.4, 0.5) is 0 Å². The molecule has 1 unspecified atom stereocenters. The van der Waals surface area contributed by atoms with Crippen molar-refractivity contribution in [2.75, 3.05) is 27.4 Å². The summed E-state index contributed by atoms with van der Waals surface area (Å²) in [4.78, 5) is 8.44. The molecule has 0 saturated carbocycles. The van der Waals surface area contributed by atoms with Crippen LogP contribution in [-0.4, -0.2) is 47.8 Å². The lowest BCUT2D eigenvalue weighted by Gasteiger charge is -2.14. The standard InChI is InChI=1S/C12H17BrN4O2/c1-18-8-10(19-2)5-14-3-9-4-16-12-6-15-11(13)7-17(9)12/h4,6-7,10,14H,3,5,8H2,1-2H3. The minimum absolute atomic E-state index is 0.0533. The van der Waals surface area contributed by atoms with Crippen LogP contribution in [-0.2, 0) is 16.0 Å². The molecule has 0 aliphatic carbocycles. The van der Waals surface area contributed by atoms with E-state index in [1.807, 2.05) is 16.8 Å². The molecule has 2 rings (SSSR count).